The van der Waals surface area contributed by atoms with E-state index in [0.717, 1.165) is 17.3 Å². The Balaban J connectivity index is 2.10. The highest BCUT2D eigenvalue weighted by Gasteiger charge is 2.29. The molecule has 1 amide bonds. The molecular formula is C15H19BrN2O3. The number of ether oxygens (including phenoxy) is 1. The maximum Gasteiger partial charge on any atom is 0.310 e. The summed E-state index contributed by atoms with van der Waals surface area (Å²) in [6, 6.07) is 5.14. The van der Waals surface area contributed by atoms with E-state index in [4.69, 9.17) is 10.5 Å². The lowest BCUT2D eigenvalue weighted by molar-refractivity contribution is -0.149. The highest BCUT2D eigenvalue weighted by molar-refractivity contribution is 9.10. The Morgan fingerprint density at radius 1 is 1.43 bits per heavy atom. The number of likely N-dealkylation sites (tertiary alicyclic amines) is 1. The number of carbonyl (C=O) groups excluding carboxylic acids is 2. The van der Waals surface area contributed by atoms with Crippen molar-refractivity contribution in [3.05, 3.63) is 28.2 Å². The minimum atomic E-state index is -0.229. The fourth-order valence-electron chi connectivity index (χ4n) is 2.53. The molecule has 1 atom stereocenters. The van der Waals surface area contributed by atoms with Crippen molar-refractivity contribution in [2.75, 3.05) is 25.4 Å². The molecule has 114 valence electrons. The van der Waals surface area contributed by atoms with Crippen molar-refractivity contribution in [3.8, 4) is 0 Å². The second-order valence-electron chi connectivity index (χ2n) is 5.12. The molecule has 0 radical (unpaired) electrons. The van der Waals surface area contributed by atoms with E-state index in [9.17, 15) is 9.59 Å². The van der Waals surface area contributed by atoms with E-state index in [1.54, 1.807) is 30.0 Å². The lowest BCUT2D eigenvalue weighted by atomic mass is 9.97. The van der Waals surface area contributed by atoms with Crippen LogP contribution in [0.25, 0.3) is 0 Å². The average molecular weight is 355 g/mol. The summed E-state index contributed by atoms with van der Waals surface area (Å²) in [6.45, 7) is 3.21. The second kappa shape index (κ2) is 6.93. The fraction of sp³-hybridized carbons (Fsp3) is 0.467. The molecule has 1 aromatic carbocycles. The van der Waals surface area contributed by atoms with Gasteiger partial charge >= 0.3 is 5.97 Å². The molecule has 1 aromatic rings. The Morgan fingerprint density at radius 3 is 2.86 bits per heavy atom. The molecule has 0 saturated carbocycles. The van der Waals surface area contributed by atoms with Crippen molar-refractivity contribution in [3.63, 3.8) is 0 Å². The van der Waals surface area contributed by atoms with Crippen molar-refractivity contribution >= 4 is 33.5 Å². The topological polar surface area (TPSA) is 72.6 Å². The smallest absolute Gasteiger partial charge is 0.310 e. The molecule has 1 aliphatic rings. The van der Waals surface area contributed by atoms with Crippen LogP contribution < -0.4 is 5.73 Å². The van der Waals surface area contributed by atoms with Crippen LogP contribution in [0, 0.1) is 5.92 Å². The fourth-order valence-corrected chi connectivity index (χ4v) is 3.04. The Morgan fingerprint density at radius 2 is 2.19 bits per heavy atom. The number of halogens is 1. The predicted molar refractivity (Wildman–Crippen MR) is 83.8 cm³/mol. The Bertz CT molecular complexity index is 527. The Hall–Kier alpha value is -1.56. The van der Waals surface area contributed by atoms with E-state index < -0.39 is 0 Å². The number of hydrogen-bond acceptors (Lipinski definition) is 4. The number of esters is 1. The van der Waals surface area contributed by atoms with Gasteiger partial charge in [-0.05, 0) is 38.0 Å². The maximum absolute atomic E-state index is 12.5. The number of benzene rings is 1. The molecular weight excluding hydrogens is 336 g/mol. The monoisotopic (exact) mass is 354 g/mol. The Labute approximate surface area is 132 Å². The van der Waals surface area contributed by atoms with Crippen LogP contribution >= 0.6 is 15.9 Å². The molecule has 21 heavy (non-hydrogen) atoms. The zero-order valence-corrected chi connectivity index (χ0v) is 13.6. The summed E-state index contributed by atoms with van der Waals surface area (Å²) in [5.74, 6) is -0.548. The third-order valence-electron chi connectivity index (χ3n) is 3.50. The van der Waals surface area contributed by atoms with Gasteiger partial charge in [0, 0.05) is 28.8 Å². The van der Waals surface area contributed by atoms with Crippen LogP contribution in [0.4, 0.5) is 5.69 Å². The number of hydrogen-bond donors (Lipinski definition) is 1. The van der Waals surface area contributed by atoms with Crippen molar-refractivity contribution in [1.29, 1.82) is 0 Å². The summed E-state index contributed by atoms with van der Waals surface area (Å²) in [5, 5.41) is 0. The van der Waals surface area contributed by atoms with Gasteiger partial charge < -0.3 is 15.4 Å². The van der Waals surface area contributed by atoms with Crippen LogP contribution in [0.3, 0.4) is 0 Å². The van der Waals surface area contributed by atoms with Crippen LogP contribution in [0.15, 0.2) is 22.7 Å². The molecule has 6 heteroatoms. The molecule has 1 heterocycles. The van der Waals surface area contributed by atoms with Gasteiger partial charge in [-0.3, -0.25) is 9.59 Å². The zero-order valence-electron chi connectivity index (χ0n) is 12.0. The third-order valence-corrected chi connectivity index (χ3v) is 3.95. The van der Waals surface area contributed by atoms with Gasteiger partial charge in [0.25, 0.3) is 5.91 Å². The number of nitrogen functional groups attached to an aromatic ring is 1. The highest BCUT2D eigenvalue weighted by Crippen LogP contribution is 2.23. The molecule has 0 bridgehead atoms. The molecule has 2 rings (SSSR count). The van der Waals surface area contributed by atoms with Crippen LogP contribution in [-0.2, 0) is 9.53 Å². The van der Waals surface area contributed by atoms with Crippen molar-refractivity contribution in [2.45, 2.75) is 19.8 Å². The highest BCUT2D eigenvalue weighted by atomic mass is 79.9. The molecule has 1 saturated heterocycles. The van der Waals surface area contributed by atoms with Gasteiger partial charge in [0.05, 0.1) is 12.5 Å². The molecule has 1 fully saturated rings. The van der Waals surface area contributed by atoms with Crippen molar-refractivity contribution in [2.24, 2.45) is 5.92 Å². The SMILES string of the molecule is CCOC(=O)C1CCCN(C(=O)c2cc(N)cc(Br)c2)C1. The normalized spacial score (nSPS) is 18.4. The maximum atomic E-state index is 12.5. The van der Waals surface area contributed by atoms with E-state index in [0.29, 0.717) is 30.9 Å². The molecule has 0 aliphatic carbocycles. The van der Waals surface area contributed by atoms with Crippen LogP contribution in [0.5, 0.6) is 0 Å². The molecule has 1 unspecified atom stereocenters. The first-order chi connectivity index (χ1) is 10.0. The van der Waals surface area contributed by atoms with E-state index in [1.165, 1.54) is 0 Å². The van der Waals surface area contributed by atoms with E-state index >= 15 is 0 Å². The summed E-state index contributed by atoms with van der Waals surface area (Å²) in [7, 11) is 0. The molecule has 0 aromatic heterocycles. The number of nitrogens with zero attached hydrogens (tertiary/aromatic N) is 1. The quantitative estimate of drug-likeness (QED) is 0.668. The molecule has 0 spiro atoms. The number of rotatable bonds is 3. The number of amides is 1. The number of nitrogens with two attached hydrogens (primary N) is 1. The third kappa shape index (κ3) is 3.97. The first kappa shape index (κ1) is 15.8. The van der Waals surface area contributed by atoms with Gasteiger partial charge in [-0.1, -0.05) is 15.9 Å². The van der Waals surface area contributed by atoms with Gasteiger partial charge in [0.2, 0.25) is 0 Å². The second-order valence-corrected chi connectivity index (χ2v) is 6.03. The number of piperidine rings is 1. The molecule has 1 aliphatic heterocycles. The zero-order chi connectivity index (χ0) is 15.4. The van der Waals surface area contributed by atoms with Gasteiger partial charge in [0.1, 0.15) is 0 Å². The minimum Gasteiger partial charge on any atom is -0.466 e. The van der Waals surface area contributed by atoms with Crippen LogP contribution in [0.2, 0.25) is 0 Å². The first-order valence-corrected chi connectivity index (χ1v) is 7.82. The Kier molecular flexibility index (Phi) is 5.22. The standard InChI is InChI=1S/C15H19BrN2O3/c1-2-21-15(20)10-4-3-5-18(9-10)14(19)11-6-12(16)8-13(17)7-11/h6-8,10H,2-5,9,17H2,1H3. The van der Waals surface area contributed by atoms with Gasteiger partial charge in [-0.15, -0.1) is 0 Å². The van der Waals surface area contributed by atoms with Crippen LogP contribution in [-0.4, -0.2) is 36.5 Å². The largest absolute Gasteiger partial charge is 0.466 e. The first-order valence-electron chi connectivity index (χ1n) is 7.03. The summed E-state index contributed by atoms with van der Waals surface area (Å²) in [4.78, 5) is 26.1. The summed E-state index contributed by atoms with van der Waals surface area (Å²) in [6.07, 6.45) is 1.57. The van der Waals surface area contributed by atoms with Gasteiger partial charge in [0.15, 0.2) is 0 Å². The molecule has 2 N–H and O–H groups in total. The summed E-state index contributed by atoms with van der Waals surface area (Å²) < 4.78 is 5.82. The average Bonchev–Trinajstić information content (AvgIpc) is 2.46. The predicted octanol–water partition coefficient (Wildman–Crippen LogP) is 2.45. The lowest BCUT2D eigenvalue weighted by Gasteiger charge is -2.31. The van der Waals surface area contributed by atoms with E-state index in [2.05, 4.69) is 15.9 Å². The number of anilines is 1. The summed E-state index contributed by atoms with van der Waals surface area (Å²) in [5.41, 5.74) is 6.83. The lowest BCUT2D eigenvalue weighted by Crippen LogP contribution is -2.42. The van der Waals surface area contributed by atoms with Crippen molar-refractivity contribution < 1.29 is 14.3 Å². The van der Waals surface area contributed by atoms with Crippen molar-refractivity contribution in [1.82, 2.24) is 4.90 Å². The van der Waals surface area contributed by atoms with Gasteiger partial charge in [-0.2, -0.15) is 0 Å². The van der Waals surface area contributed by atoms with E-state index in [-0.39, 0.29) is 17.8 Å². The van der Waals surface area contributed by atoms with Crippen LogP contribution in [0.1, 0.15) is 30.1 Å². The van der Waals surface area contributed by atoms with E-state index in [1.807, 2.05) is 0 Å². The minimum absolute atomic E-state index is 0.100. The van der Waals surface area contributed by atoms with Gasteiger partial charge in [-0.25, -0.2) is 0 Å². The number of carbonyl (C=O) groups is 2. The summed E-state index contributed by atoms with van der Waals surface area (Å²) >= 11 is 3.34. The molecule has 5 nitrogen and oxygen atoms in total.